The van der Waals surface area contributed by atoms with Gasteiger partial charge in [0.15, 0.2) is 0 Å². The molecule has 1 aliphatic rings. The second-order valence-corrected chi connectivity index (χ2v) is 4.29. The summed E-state index contributed by atoms with van der Waals surface area (Å²) in [5.74, 6) is 0. The first-order valence-electron chi connectivity index (χ1n) is 5.91. The summed E-state index contributed by atoms with van der Waals surface area (Å²) >= 11 is 0. The van der Waals surface area contributed by atoms with Crippen LogP contribution in [0.5, 0.6) is 0 Å². The molecule has 0 saturated carbocycles. The first kappa shape index (κ1) is 11.3. The molecule has 3 heteroatoms. The van der Waals surface area contributed by atoms with Crippen molar-refractivity contribution in [1.29, 1.82) is 0 Å². The van der Waals surface area contributed by atoms with Gasteiger partial charge in [-0.1, -0.05) is 12.1 Å². The van der Waals surface area contributed by atoms with E-state index in [1.54, 1.807) is 7.11 Å². The van der Waals surface area contributed by atoms with Crippen molar-refractivity contribution in [1.82, 2.24) is 0 Å². The Morgan fingerprint density at radius 3 is 3.06 bits per heavy atom. The average molecular weight is 220 g/mol. The predicted molar refractivity (Wildman–Crippen MR) is 68.2 cm³/mol. The molecule has 0 spiro atoms. The van der Waals surface area contributed by atoms with Crippen LogP contribution in [-0.2, 0) is 4.74 Å². The van der Waals surface area contributed by atoms with Crippen LogP contribution in [0.25, 0.3) is 0 Å². The van der Waals surface area contributed by atoms with Crippen LogP contribution in [0.4, 0.5) is 11.4 Å². The summed E-state index contributed by atoms with van der Waals surface area (Å²) in [6.07, 6.45) is 1.08. The largest absolute Gasteiger partial charge is 0.385 e. The molecule has 0 fully saturated rings. The van der Waals surface area contributed by atoms with E-state index in [9.17, 15) is 0 Å². The minimum Gasteiger partial charge on any atom is -0.385 e. The number of nitrogens with one attached hydrogen (secondary N) is 1. The second kappa shape index (κ2) is 5.21. The Bertz CT molecular complexity index is 340. The van der Waals surface area contributed by atoms with Gasteiger partial charge in [0, 0.05) is 32.8 Å². The topological polar surface area (TPSA) is 24.5 Å². The number of rotatable bonds is 4. The number of methoxy groups -OCH3 is 1. The lowest BCUT2D eigenvalue weighted by Gasteiger charge is -2.37. The maximum Gasteiger partial charge on any atom is 0.0605 e. The van der Waals surface area contributed by atoms with Crippen LogP contribution in [0.3, 0.4) is 0 Å². The highest BCUT2D eigenvalue weighted by Crippen LogP contribution is 2.30. The van der Waals surface area contributed by atoms with Crippen LogP contribution < -0.4 is 10.2 Å². The average Bonchev–Trinajstić information content (AvgIpc) is 2.32. The summed E-state index contributed by atoms with van der Waals surface area (Å²) in [5.41, 5.74) is 2.57. The predicted octanol–water partition coefficient (Wildman–Crippen LogP) is 2.34. The van der Waals surface area contributed by atoms with Gasteiger partial charge < -0.3 is 15.0 Å². The van der Waals surface area contributed by atoms with Crippen LogP contribution in [0, 0.1) is 0 Å². The number of fused-ring (bicyclic) bond motifs is 1. The molecule has 0 bridgehead atoms. The Hall–Kier alpha value is -1.22. The van der Waals surface area contributed by atoms with Crippen LogP contribution in [-0.4, -0.2) is 32.8 Å². The summed E-state index contributed by atoms with van der Waals surface area (Å²) in [4.78, 5) is 2.46. The highest BCUT2D eigenvalue weighted by molar-refractivity contribution is 5.72. The minimum absolute atomic E-state index is 0.548. The summed E-state index contributed by atoms with van der Waals surface area (Å²) in [6, 6.07) is 9.05. The van der Waals surface area contributed by atoms with Gasteiger partial charge in [-0.15, -0.1) is 0 Å². The van der Waals surface area contributed by atoms with Crippen molar-refractivity contribution < 1.29 is 4.74 Å². The Balaban J connectivity index is 2.10. The first-order chi connectivity index (χ1) is 7.83. The fourth-order valence-corrected chi connectivity index (χ4v) is 2.20. The summed E-state index contributed by atoms with van der Waals surface area (Å²) in [7, 11) is 1.76. The van der Waals surface area contributed by atoms with E-state index >= 15 is 0 Å². The number of benzene rings is 1. The van der Waals surface area contributed by atoms with E-state index in [0.717, 1.165) is 26.1 Å². The minimum atomic E-state index is 0.548. The molecule has 16 heavy (non-hydrogen) atoms. The lowest BCUT2D eigenvalue weighted by Crippen LogP contribution is -2.42. The van der Waals surface area contributed by atoms with Gasteiger partial charge in [-0.25, -0.2) is 0 Å². The van der Waals surface area contributed by atoms with Crippen LogP contribution in [0.2, 0.25) is 0 Å². The van der Waals surface area contributed by atoms with Gasteiger partial charge >= 0.3 is 0 Å². The molecule has 1 aliphatic heterocycles. The quantitative estimate of drug-likeness (QED) is 0.788. The summed E-state index contributed by atoms with van der Waals surface area (Å²) in [5, 5.41) is 3.46. The van der Waals surface area contributed by atoms with E-state index in [1.807, 2.05) is 0 Å². The van der Waals surface area contributed by atoms with E-state index in [2.05, 4.69) is 41.4 Å². The molecule has 1 N–H and O–H groups in total. The van der Waals surface area contributed by atoms with E-state index in [1.165, 1.54) is 11.4 Å². The third-order valence-electron chi connectivity index (χ3n) is 3.08. The fraction of sp³-hybridized carbons (Fsp3) is 0.538. The number of hydrogen-bond acceptors (Lipinski definition) is 3. The normalized spacial score (nSPS) is 19.1. The summed E-state index contributed by atoms with van der Waals surface area (Å²) < 4.78 is 5.11. The van der Waals surface area contributed by atoms with Gasteiger partial charge in [-0.3, -0.25) is 0 Å². The molecular formula is C13H20N2O. The SMILES string of the molecule is COCCCN1c2ccccc2NCC1C. The fourth-order valence-electron chi connectivity index (χ4n) is 2.20. The number of para-hydroxylation sites is 2. The van der Waals surface area contributed by atoms with Crippen LogP contribution in [0.15, 0.2) is 24.3 Å². The van der Waals surface area contributed by atoms with Crippen LogP contribution >= 0.6 is 0 Å². The van der Waals surface area contributed by atoms with E-state index in [0.29, 0.717) is 6.04 Å². The van der Waals surface area contributed by atoms with Crippen molar-refractivity contribution in [3.8, 4) is 0 Å². The maximum atomic E-state index is 5.11. The molecule has 0 aromatic heterocycles. The molecule has 1 unspecified atom stereocenters. The number of nitrogens with zero attached hydrogens (tertiary/aromatic N) is 1. The lowest BCUT2D eigenvalue weighted by molar-refractivity contribution is 0.195. The van der Waals surface area contributed by atoms with E-state index in [-0.39, 0.29) is 0 Å². The Morgan fingerprint density at radius 1 is 1.44 bits per heavy atom. The smallest absolute Gasteiger partial charge is 0.0605 e. The zero-order chi connectivity index (χ0) is 11.4. The highest BCUT2D eigenvalue weighted by Gasteiger charge is 2.21. The standard InChI is InChI=1S/C13H20N2O/c1-11-10-14-12-6-3-4-7-13(12)15(11)8-5-9-16-2/h3-4,6-7,11,14H,5,8-10H2,1-2H3. The van der Waals surface area contributed by atoms with E-state index in [4.69, 9.17) is 4.74 Å². The van der Waals surface area contributed by atoms with E-state index < -0.39 is 0 Å². The molecular weight excluding hydrogens is 200 g/mol. The van der Waals surface area contributed by atoms with Crippen molar-refractivity contribution in [3.05, 3.63) is 24.3 Å². The van der Waals surface area contributed by atoms with Gasteiger partial charge in [0.1, 0.15) is 0 Å². The molecule has 0 saturated heterocycles. The molecule has 1 atom stereocenters. The molecule has 1 aromatic rings. The molecule has 0 radical (unpaired) electrons. The highest BCUT2D eigenvalue weighted by atomic mass is 16.5. The van der Waals surface area contributed by atoms with Crippen molar-refractivity contribution >= 4 is 11.4 Å². The monoisotopic (exact) mass is 220 g/mol. The van der Waals surface area contributed by atoms with Crippen molar-refractivity contribution in [3.63, 3.8) is 0 Å². The maximum absolute atomic E-state index is 5.11. The first-order valence-corrected chi connectivity index (χ1v) is 5.91. The lowest BCUT2D eigenvalue weighted by atomic mass is 10.1. The zero-order valence-corrected chi connectivity index (χ0v) is 10.1. The molecule has 0 aliphatic carbocycles. The van der Waals surface area contributed by atoms with Crippen LogP contribution in [0.1, 0.15) is 13.3 Å². The zero-order valence-electron chi connectivity index (χ0n) is 10.1. The molecule has 2 rings (SSSR count). The molecule has 3 nitrogen and oxygen atoms in total. The molecule has 88 valence electrons. The number of ether oxygens (including phenoxy) is 1. The molecule has 1 heterocycles. The van der Waals surface area contributed by atoms with Gasteiger partial charge in [0.05, 0.1) is 11.4 Å². The van der Waals surface area contributed by atoms with Gasteiger partial charge in [-0.05, 0) is 25.5 Å². The van der Waals surface area contributed by atoms with Crippen molar-refractivity contribution in [2.75, 3.05) is 37.0 Å². The third-order valence-corrected chi connectivity index (χ3v) is 3.08. The van der Waals surface area contributed by atoms with Gasteiger partial charge in [-0.2, -0.15) is 0 Å². The van der Waals surface area contributed by atoms with Gasteiger partial charge in [0.2, 0.25) is 0 Å². The Labute approximate surface area is 97.4 Å². The summed E-state index contributed by atoms with van der Waals surface area (Å²) in [6.45, 7) is 5.17. The van der Waals surface area contributed by atoms with Gasteiger partial charge in [0.25, 0.3) is 0 Å². The Morgan fingerprint density at radius 2 is 2.25 bits per heavy atom. The second-order valence-electron chi connectivity index (χ2n) is 4.29. The third kappa shape index (κ3) is 2.30. The Kier molecular flexibility index (Phi) is 3.67. The van der Waals surface area contributed by atoms with Crippen molar-refractivity contribution in [2.24, 2.45) is 0 Å². The molecule has 0 amide bonds. The number of hydrogen-bond donors (Lipinski definition) is 1. The molecule has 1 aromatic carbocycles. The van der Waals surface area contributed by atoms with Crippen molar-refractivity contribution in [2.45, 2.75) is 19.4 Å². The number of anilines is 2.